The number of rotatable bonds is 7. The van der Waals surface area contributed by atoms with Crippen molar-refractivity contribution in [1.29, 1.82) is 0 Å². The Labute approximate surface area is 177 Å². The van der Waals surface area contributed by atoms with Crippen molar-refractivity contribution in [3.8, 4) is 0 Å². The number of ether oxygens (including phenoxy) is 1. The summed E-state index contributed by atoms with van der Waals surface area (Å²) in [7, 11) is 0. The van der Waals surface area contributed by atoms with Gasteiger partial charge in [0.1, 0.15) is 0 Å². The van der Waals surface area contributed by atoms with E-state index in [4.69, 9.17) is 16.3 Å². The van der Waals surface area contributed by atoms with E-state index < -0.39 is 23.4 Å². The second kappa shape index (κ2) is 9.67. The molecule has 3 rings (SSSR count). The number of nitrogens with one attached hydrogen (secondary N) is 1. The number of non-ortho nitro benzene ring substituents is 1. The Morgan fingerprint density at radius 1 is 1.00 bits per heavy atom. The molecule has 0 bridgehead atoms. The van der Waals surface area contributed by atoms with E-state index in [0.717, 1.165) is 17.2 Å². The first-order valence-electron chi connectivity index (χ1n) is 8.97. The van der Waals surface area contributed by atoms with Gasteiger partial charge in [-0.25, -0.2) is 4.79 Å². The van der Waals surface area contributed by atoms with Gasteiger partial charge in [0.2, 0.25) is 0 Å². The lowest BCUT2D eigenvalue weighted by Gasteiger charge is -2.12. The molecule has 1 N–H and O–H groups in total. The summed E-state index contributed by atoms with van der Waals surface area (Å²) in [6.07, 6.45) is 0.625. The molecule has 0 saturated carbocycles. The standard InChI is InChI=1S/C22H17ClN2O5/c23-19-11-10-17(25(28)29)13-18(19)22(27)30-14-21(26)24-20-9-5-4-8-16(20)12-15-6-2-1-3-7-15/h1-11,13H,12,14H2,(H,24,26). The fourth-order valence-corrected chi connectivity index (χ4v) is 2.99. The lowest BCUT2D eigenvalue weighted by Crippen LogP contribution is -2.21. The van der Waals surface area contributed by atoms with Crippen LogP contribution >= 0.6 is 11.6 Å². The second-order valence-electron chi connectivity index (χ2n) is 6.37. The number of nitro benzene ring substituents is 1. The molecule has 0 heterocycles. The van der Waals surface area contributed by atoms with Gasteiger partial charge in [-0.3, -0.25) is 14.9 Å². The van der Waals surface area contributed by atoms with Crippen LogP contribution in [0.15, 0.2) is 72.8 Å². The molecular formula is C22H17ClN2O5. The molecular weight excluding hydrogens is 408 g/mol. The SMILES string of the molecule is O=C(COC(=O)c1cc([N+](=O)[O-])ccc1Cl)Nc1ccccc1Cc1ccccc1. The van der Waals surface area contributed by atoms with E-state index >= 15 is 0 Å². The van der Waals surface area contributed by atoms with Crippen LogP contribution in [-0.4, -0.2) is 23.4 Å². The van der Waals surface area contributed by atoms with Gasteiger partial charge in [0.05, 0.1) is 15.5 Å². The van der Waals surface area contributed by atoms with Gasteiger partial charge in [0, 0.05) is 17.8 Å². The first-order chi connectivity index (χ1) is 14.4. The molecule has 0 radical (unpaired) electrons. The zero-order valence-corrected chi connectivity index (χ0v) is 16.5. The highest BCUT2D eigenvalue weighted by Crippen LogP contribution is 2.23. The normalized spacial score (nSPS) is 10.3. The molecule has 30 heavy (non-hydrogen) atoms. The molecule has 0 saturated heterocycles. The van der Waals surface area contributed by atoms with Crippen LogP contribution in [0.4, 0.5) is 11.4 Å². The number of halogens is 1. The summed E-state index contributed by atoms with van der Waals surface area (Å²) >= 11 is 5.91. The van der Waals surface area contributed by atoms with Crippen LogP contribution in [0, 0.1) is 10.1 Å². The van der Waals surface area contributed by atoms with Crippen molar-refractivity contribution in [2.24, 2.45) is 0 Å². The van der Waals surface area contributed by atoms with Crippen molar-refractivity contribution < 1.29 is 19.2 Å². The zero-order chi connectivity index (χ0) is 21.5. The van der Waals surface area contributed by atoms with Gasteiger partial charge in [-0.15, -0.1) is 0 Å². The summed E-state index contributed by atoms with van der Waals surface area (Å²) in [6, 6.07) is 20.5. The highest BCUT2D eigenvalue weighted by Gasteiger charge is 2.18. The summed E-state index contributed by atoms with van der Waals surface area (Å²) < 4.78 is 4.98. The van der Waals surface area contributed by atoms with E-state index in [1.807, 2.05) is 42.5 Å². The molecule has 0 aliphatic rings. The maximum Gasteiger partial charge on any atom is 0.340 e. The van der Waals surface area contributed by atoms with Crippen LogP contribution < -0.4 is 5.32 Å². The minimum absolute atomic E-state index is 0.000727. The van der Waals surface area contributed by atoms with E-state index in [9.17, 15) is 19.7 Å². The number of anilines is 1. The van der Waals surface area contributed by atoms with Crippen LogP contribution in [0.1, 0.15) is 21.5 Å². The molecule has 1 amide bonds. The Morgan fingerprint density at radius 3 is 2.43 bits per heavy atom. The van der Waals surface area contributed by atoms with Crippen molar-refractivity contribution in [1.82, 2.24) is 0 Å². The van der Waals surface area contributed by atoms with Gasteiger partial charge in [0.25, 0.3) is 11.6 Å². The van der Waals surface area contributed by atoms with Crippen molar-refractivity contribution >= 4 is 34.9 Å². The zero-order valence-electron chi connectivity index (χ0n) is 15.7. The summed E-state index contributed by atoms with van der Waals surface area (Å²) in [4.78, 5) is 34.7. The lowest BCUT2D eigenvalue weighted by atomic mass is 10.0. The summed E-state index contributed by atoms with van der Waals surface area (Å²) in [6.45, 7) is -0.558. The number of nitrogens with zero attached hydrogens (tertiary/aromatic N) is 1. The molecule has 0 unspecified atom stereocenters. The average Bonchev–Trinajstić information content (AvgIpc) is 2.74. The van der Waals surface area contributed by atoms with Gasteiger partial charge in [-0.05, 0) is 29.7 Å². The highest BCUT2D eigenvalue weighted by molar-refractivity contribution is 6.33. The summed E-state index contributed by atoms with van der Waals surface area (Å²) in [5.74, 6) is -1.46. The van der Waals surface area contributed by atoms with Gasteiger partial charge in [-0.2, -0.15) is 0 Å². The van der Waals surface area contributed by atoms with Gasteiger partial charge >= 0.3 is 5.97 Å². The quantitative estimate of drug-likeness (QED) is 0.338. The molecule has 7 nitrogen and oxygen atoms in total. The van der Waals surface area contributed by atoms with Gasteiger partial charge in [-0.1, -0.05) is 60.1 Å². The first-order valence-corrected chi connectivity index (χ1v) is 9.34. The van der Waals surface area contributed by atoms with Gasteiger partial charge in [0.15, 0.2) is 6.61 Å². The summed E-state index contributed by atoms with van der Waals surface area (Å²) in [5.41, 5.74) is 2.13. The Hall–Kier alpha value is -3.71. The molecule has 0 atom stereocenters. The minimum atomic E-state index is -0.920. The monoisotopic (exact) mass is 424 g/mol. The largest absolute Gasteiger partial charge is 0.452 e. The number of benzene rings is 3. The summed E-state index contributed by atoms with van der Waals surface area (Å²) in [5, 5.41) is 13.6. The Morgan fingerprint density at radius 2 is 1.70 bits per heavy atom. The van der Waals surface area contributed by atoms with Crippen molar-refractivity contribution in [3.05, 3.63) is 105 Å². The predicted octanol–water partition coefficient (Wildman–Crippen LogP) is 4.63. The van der Waals surface area contributed by atoms with E-state index in [2.05, 4.69) is 5.32 Å². The van der Waals surface area contributed by atoms with Crippen molar-refractivity contribution in [2.45, 2.75) is 6.42 Å². The van der Waals surface area contributed by atoms with Gasteiger partial charge < -0.3 is 10.1 Å². The maximum atomic E-state index is 12.3. The lowest BCUT2D eigenvalue weighted by molar-refractivity contribution is -0.384. The van der Waals surface area contributed by atoms with Crippen LogP contribution in [0.25, 0.3) is 0 Å². The first kappa shape index (κ1) is 21.0. The maximum absolute atomic E-state index is 12.3. The van der Waals surface area contributed by atoms with Crippen LogP contribution in [-0.2, 0) is 16.0 Å². The van der Waals surface area contributed by atoms with Crippen molar-refractivity contribution in [3.63, 3.8) is 0 Å². The molecule has 152 valence electrons. The van der Waals surface area contributed by atoms with E-state index in [-0.39, 0.29) is 16.3 Å². The minimum Gasteiger partial charge on any atom is -0.452 e. The fraction of sp³-hybridized carbons (Fsp3) is 0.0909. The highest BCUT2D eigenvalue weighted by atomic mass is 35.5. The third-order valence-corrected chi connectivity index (χ3v) is 4.57. The second-order valence-corrected chi connectivity index (χ2v) is 6.77. The number of carbonyl (C=O) groups excluding carboxylic acids is 2. The number of amides is 1. The van der Waals surface area contributed by atoms with E-state index in [1.165, 1.54) is 12.1 Å². The molecule has 0 fully saturated rings. The molecule has 8 heteroatoms. The molecule has 0 spiro atoms. The third kappa shape index (κ3) is 5.42. The predicted molar refractivity (Wildman–Crippen MR) is 113 cm³/mol. The molecule has 0 aliphatic carbocycles. The number of carbonyl (C=O) groups is 2. The van der Waals surface area contributed by atoms with Crippen LogP contribution in [0.3, 0.4) is 0 Å². The Bertz CT molecular complexity index is 1090. The molecule has 0 aromatic heterocycles. The van der Waals surface area contributed by atoms with Crippen LogP contribution in [0.5, 0.6) is 0 Å². The number of esters is 1. The molecule has 3 aromatic rings. The third-order valence-electron chi connectivity index (χ3n) is 4.24. The number of hydrogen-bond donors (Lipinski definition) is 1. The Kier molecular flexibility index (Phi) is 6.77. The van der Waals surface area contributed by atoms with Crippen LogP contribution in [0.2, 0.25) is 5.02 Å². The molecule has 3 aromatic carbocycles. The number of nitro groups is 1. The topological polar surface area (TPSA) is 98.5 Å². The fourth-order valence-electron chi connectivity index (χ4n) is 2.79. The van der Waals surface area contributed by atoms with Crippen molar-refractivity contribution in [2.75, 3.05) is 11.9 Å². The Balaban J connectivity index is 1.64. The number of hydrogen-bond acceptors (Lipinski definition) is 5. The van der Waals surface area contributed by atoms with E-state index in [0.29, 0.717) is 12.1 Å². The molecule has 0 aliphatic heterocycles. The number of para-hydroxylation sites is 1. The average molecular weight is 425 g/mol. The smallest absolute Gasteiger partial charge is 0.340 e. The van der Waals surface area contributed by atoms with E-state index in [1.54, 1.807) is 12.1 Å².